The maximum Gasteiger partial charge on any atom is 0.161 e. The minimum atomic E-state index is 0. The van der Waals surface area contributed by atoms with Crippen LogP contribution in [0.1, 0.15) is 68.2 Å². The molecule has 0 saturated heterocycles. The number of hydrogen-bond acceptors (Lipinski definition) is 12. The highest BCUT2D eigenvalue weighted by Crippen LogP contribution is 2.46. The highest BCUT2D eigenvalue weighted by molar-refractivity contribution is 5.53. The Morgan fingerprint density at radius 2 is 0.464 bits per heavy atom. The lowest BCUT2D eigenvalue weighted by Gasteiger charge is -2.43. The standard InChI is InChI=1S/3C22H30NO4.3HI/c3*1-23(2)10-9-16-13-21(26-5)22(27-6)14-17(16)18(23)11-15-7-8-19(24-3)20(12-15)25-4;;;/h3*7-8,12-14,18H,9-11H2,1-6H3;3*1H/q3*+1;;;/p-3/t3*18-;;;/m111.../s1. The molecule has 6 aromatic rings. The number of ether oxygens (including phenoxy) is 12. The molecule has 3 atom stereocenters. The Labute approximate surface area is 551 Å². The zero-order valence-electron chi connectivity index (χ0n) is 52.6. The molecule has 3 aliphatic heterocycles. The van der Waals surface area contributed by atoms with Crippen LogP contribution in [0.2, 0.25) is 0 Å². The molecule has 0 saturated carbocycles. The van der Waals surface area contributed by atoms with Gasteiger partial charge in [-0.05, 0) is 106 Å². The normalized spacial score (nSPS) is 17.1. The molecule has 0 aromatic heterocycles. The molecule has 9 rings (SSSR count). The molecule has 0 amide bonds. The van der Waals surface area contributed by atoms with Crippen molar-refractivity contribution in [1.29, 1.82) is 0 Å². The number of nitrogens with zero attached hydrogens (tertiary/aromatic N) is 3. The van der Waals surface area contributed by atoms with E-state index in [0.29, 0.717) is 18.1 Å². The molecule has 0 unspecified atom stereocenters. The smallest absolute Gasteiger partial charge is 0.161 e. The summed E-state index contributed by atoms with van der Waals surface area (Å²) in [5.41, 5.74) is 11.7. The lowest BCUT2D eigenvalue weighted by Crippen LogP contribution is -3.00. The van der Waals surface area contributed by atoms with Crippen molar-refractivity contribution in [2.75, 3.05) is 147 Å². The summed E-state index contributed by atoms with van der Waals surface area (Å²) < 4.78 is 68.6. The average molecular weight is 1500 g/mol. The summed E-state index contributed by atoms with van der Waals surface area (Å²) in [5, 5.41) is 0. The molecule has 0 bridgehead atoms. The van der Waals surface area contributed by atoms with Gasteiger partial charge in [-0.2, -0.15) is 0 Å². The van der Waals surface area contributed by atoms with E-state index in [2.05, 4.69) is 115 Å². The highest BCUT2D eigenvalue weighted by Gasteiger charge is 2.40. The van der Waals surface area contributed by atoms with Crippen LogP contribution in [-0.4, -0.2) is 161 Å². The topological polar surface area (TPSA) is 111 Å². The number of methoxy groups -OCH3 is 12. The van der Waals surface area contributed by atoms with E-state index in [9.17, 15) is 0 Å². The lowest BCUT2D eigenvalue weighted by molar-refractivity contribution is -0.923. The van der Waals surface area contributed by atoms with Gasteiger partial charge in [0.25, 0.3) is 0 Å². The van der Waals surface area contributed by atoms with Crippen LogP contribution in [0.25, 0.3) is 0 Å². The van der Waals surface area contributed by atoms with Crippen LogP contribution >= 0.6 is 0 Å². The Balaban J connectivity index is 0.000000266. The summed E-state index contributed by atoms with van der Waals surface area (Å²) in [6, 6.07) is 32.4. The molecule has 15 nitrogen and oxygen atoms in total. The molecule has 18 heteroatoms. The minimum Gasteiger partial charge on any atom is -1.00 e. The fourth-order valence-electron chi connectivity index (χ4n) is 12.0. The number of likely N-dealkylation sites (N-methyl/N-ethyl adjacent to an activating group) is 3. The Morgan fingerprint density at radius 3 is 0.667 bits per heavy atom. The molecule has 462 valence electrons. The molecular formula is C66H90I3N3O12. The van der Waals surface area contributed by atoms with Crippen molar-refractivity contribution in [2.24, 2.45) is 0 Å². The molecule has 3 heterocycles. The van der Waals surface area contributed by atoms with Crippen molar-refractivity contribution in [1.82, 2.24) is 0 Å². The largest absolute Gasteiger partial charge is 1.00 e. The molecule has 0 radical (unpaired) electrons. The second-order valence-electron chi connectivity index (χ2n) is 22.7. The van der Waals surface area contributed by atoms with Gasteiger partial charge in [-0.25, -0.2) is 0 Å². The van der Waals surface area contributed by atoms with Crippen LogP contribution in [0.15, 0.2) is 91.0 Å². The predicted molar refractivity (Wildman–Crippen MR) is 319 cm³/mol. The highest BCUT2D eigenvalue weighted by atomic mass is 127. The molecule has 6 aromatic carbocycles. The van der Waals surface area contributed by atoms with Gasteiger partial charge in [0.05, 0.1) is 147 Å². The zero-order valence-corrected chi connectivity index (χ0v) is 59.1. The molecule has 0 N–H and O–H groups in total. The van der Waals surface area contributed by atoms with Gasteiger partial charge in [-0.1, -0.05) is 18.2 Å². The van der Waals surface area contributed by atoms with E-state index >= 15 is 0 Å². The third-order valence-corrected chi connectivity index (χ3v) is 17.0. The number of quaternary nitrogens is 3. The SMILES string of the molecule is COc1ccc(C[C@@H]2c3cc(OC)c(OC)cc3CC[N+]2(C)C)cc1OC.COc1ccc(C[C@@H]2c3cc(OC)c(OC)cc3CC[N+]2(C)C)cc1OC.COc1ccc(C[C@@H]2c3cc(OC)c(OC)cc3CC[N+]2(C)C)cc1OC.[I-].[I-].[I-]. The maximum absolute atomic E-state index is 5.57. The number of rotatable bonds is 18. The van der Waals surface area contributed by atoms with Crippen molar-refractivity contribution < 1.29 is 142 Å². The van der Waals surface area contributed by atoms with Crippen LogP contribution in [0.3, 0.4) is 0 Å². The van der Waals surface area contributed by atoms with Crippen molar-refractivity contribution >= 4 is 0 Å². The van der Waals surface area contributed by atoms with Gasteiger partial charge in [0.15, 0.2) is 69.0 Å². The first-order valence-corrected chi connectivity index (χ1v) is 27.6. The van der Waals surface area contributed by atoms with Gasteiger partial charge in [-0.3, -0.25) is 0 Å². The third-order valence-electron chi connectivity index (χ3n) is 17.0. The van der Waals surface area contributed by atoms with Crippen LogP contribution in [0.5, 0.6) is 69.0 Å². The van der Waals surface area contributed by atoms with E-state index in [0.717, 1.165) is 141 Å². The maximum atomic E-state index is 5.57. The summed E-state index contributed by atoms with van der Waals surface area (Å²) in [5.74, 6) is 9.33. The summed E-state index contributed by atoms with van der Waals surface area (Å²) in [7, 11) is 33.9. The molecule has 0 fully saturated rings. The summed E-state index contributed by atoms with van der Waals surface area (Å²) in [6.07, 6.45) is 5.84. The van der Waals surface area contributed by atoms with Gasteiger partial charge in [0.1, 0.15) is 18.1 Å². The van der Waals surface area contributed by atoms with Crippen LogP contribution in [0.4, 0.5) is 0 Å². The van der Waals surface area contributed by atoms with Crippen molar-refractivity contribution in [3.8, 4) is 69.0 Å². The summed E-state index contributed by atoms with van der Waals surface area (Å²) in [4.78, 5) is 0. The van der Waals surface area contributed by atoms with E-state index in [4.69, 9.17) is 56.8 Å². The zero-order chi connectivity index (χ0) is 58.8. The Kier molecular flexibility index (Phi) is 26.9. The van der Waals surface area contributed by atoms with Crippen molar-refractivity contribution in [3.05, 3.63) is 141 Å². The fourth-order valence-corrected chi connectivity index (χ4v) is 12.0. The molecular weight excluding hydrogens is 1410 g/mol. The van der Waals surface area contributed by atoms with Crippen molar-refractivity contribution in [3.63, 3.8) is 0 Å². The van der Waals surface area contributed by atoms with Crippen LogP contribution in [-0.2, 0) is 38.5 Å². The molecule has 3 aliphatic rings. The van der Waals surface area contributed by atoms with Crippen molar-refractivity contribution in [2.45, 2.75) is 56.7 Å². The predicted octanol–water partition coefficient (Wildman–Crippen LogP) is 1.92. The van der Waals surface area contributed by atoms with Crippen LogP contribution < -0.4 is 129 Å². The molecule has 84 heavy (non-hydrogen) atoms. The first-order chi connectivity index (χ1) is 38.8. The number of hydrogen-bond donors (Lipinski definition) is 0. The third kappa shape index (κ3) is 16.1. The summed E-state index contributed by atoms with van der Waals surface area (Å²) in [6.45, 7) is 3.25. The van der Waals surface area contributed by atoms with Gasteiger partial charge in [0, 0.05) is 55.2 Å². The quantitative estimate of drug-likeness (QED) is 0.0928. The van der Waals surface area contributed by atoms with E-state index < -0.39 is 0 Å². The second kappa shape index (κ2) is 31.6. The minimum absolute atomic E-state index is 0. The number of benzene rings is 6. The first-order valence-electron chi connectivity index (χ1n) is 27.6. The van der Waals surface area contributed by atoms with E-state index in [1.807, 2.05) is 18.2 Å². The molecule has 0 spiro atoms. The Hall–Kier alpha value is -5.01. The second-order valence-corrected chi connectivity index (χ2v) is 22.7. The van der Waals surface area contributed by atoms with E-state index in [1.54, 1.807) is 85.3 Å². The Bertz CT molecular complexity index is 2790. The van der Waals surface area contributed by atoms with Gasteiger partial charge in [0.2, 0.25) is 0 Å². The average Bonchev–Trinajstić information content (AvgIpc) is 1.38. The Morgan fingerprint density at radius 1 is 0.274 bits per heavy atom. The molecule has 0 aliphatic carbocycles. The van der Waals surface area contributed by atoms with E-state index in [1.165, 1.54) is 50.1 Å². The first kappa shape index (κ1) is 71.5. The van der Waals surface area contributed by atoms with Gasteiger partial charge >= 0.3 is 0 Å². The van der Waals surface area contributed by atoms with Gasteiger partial charge in [-0.15, -0.1) is 0 Å². The number of halogens is 3. The number of fused-ring (bicyclic) bond motifs is 3. The van der Waals surface area contributed by atoms with Crippen LogP contribution in [0, 0.1) is 0 Å². The summed E-state index contributed by atoms with van der Waals surface area (Å²) >= 11 is 0. The monoisotopic (exact) mass is 1500 g/mol. The van der Waals surface area contributed by atoms with Gasteiger partial charge < -0.3 is 142 Å². The fraction of sp³-hybridized carbons (Fsp3) is 0.455. The van der Waals surface area contributed by atoms with E-state index in [-0.39, 0.29) is 71.9 Å². The lowest BCUT2D eigenvalue weighted by atomic mass is 9.87.